The normalized spacial score (nSPS) is 23.9. The van der Waals surface area contributed by atoms with Crippen LogP contribution in [0.3, 0.4) is 0 Å². The molecule has 0 spiro atoms. The first-order valence-electron chi connectivity index (χ1n) is 21.0. The van der Waals surface area contributed by atoms with Crippen LogP contribution >= 0.6 is 0 Å². The summed E-state index contributed by atoms with van der Waals surface area (Å²) in [4.78, 5) is 32.6. The van der Waals surface area contributed by atoms with Crippen molar-refractivity contribution in [2.45, 2.75) is 103 Å². The smallest absolute Gasteiger partial charge is 0.247 e. The molecule has 8 heterocycles. The minimum absolute atomic E-state index is 0.0110. The summed E-state index contributed by atoms with van der Waals surface area (Å²) >= 11 is 0. The minimum atomic E-state index is -1.32. The molecule has 348 valence electrons. The Bertz CT molecular complexity index is 2820. The molecule has 0 aliphatic carbocycles. The van der Waals surface area contributed by atoms with E-state index in [0.717, 1.165) is 0 Å². The molecule has 66 heavy (non-hydrogen) atoms. The first kappa shape index (κ1) is 44.0. The van der Waals surface area contributed by atoms with Gasteiger partial charge in [0.2, 0.25) is 51.9 Å². The fourth-order valence-electron chi connectivity index (χ4n) is 7.63. The first-order chi connectivity index (χ1) is 31.2. The maximum atomic E-state index is 9.01. The number of ether oxygens (including phenoxy) is 10. The van der Waals surface area contributed by atoms with Gasteiger partial charge in [-0.1, -0.05) is 10.2 Å². The van der Waals surface area contributed by atoms with Gasteiger partial charge in [0.1, 0.15) is 28.5 Å². The zero-order chi connectivity index (χ0) is 47.2. The number of azide groups is 2. The summed E-state index contributed by atoms with van der Waals surface area (Å²) in [5.41, 5.74) is 15.0. The number of anilines is 2. The zero-order valence-electron chi connectivity index (χ0n) is 38.5. The van der Waals surface area contributed by atoms with Crippen LogP contribution in [0, 0.1) is 0 Å². The van der Waals surface area contributed by atoms with E-state index in [9.17, 15) is 0 Å². The molecule has 1 aromatic carbocycles. The van der Waals surface area contributed by atoms with Crippen molar-refractivity contribution >= 4 is 46.6 Å². The van der Waals surface area contributed by atoms with E-state index < -0.39 is 34.0 Å². The van der Waals surface area contributed by atoms with E-state index in [0.29, 0.717) is 28.4 Å². The number of rotatable bonds is 10. The predicted octanol–water partition coefficient (Wildman–Crippen LogP) is 8.18. The summed E-state index contributed by atoms with van der Waals surface area (Å²) in [5.74, 6) is 1.07. The maximum Gasteiger partial charge on any atom is 0.247 e. The Morgan fingerprint density at radius 3 is 1.59 bits per heavy atom. The molecule has 3 aromatic rings. The Morgan fingerprint density at radius 2 is 1.02 bits per heavy atom. The predicted molar refractivity (Wildman–Crippen MR) is 240 cm³/mol. The van der Waals surface area contributed by atoms with Gasteiger partial charge < -0.3 is 68.0 Å². The third kappa shape index (κ3) is 6.82. The van der Waals surface area contributed by atoms with E-state index in [1.807, 2.05) is 55.4 Å². The van der Waals surface area contributed by atoms with Crippen molar-refractivity contribution in [1.82, 2.24) is 9.97 Å². The highest BCUT2D eigenvalue weighted by Crippen LogP contribution is 2.56. The molecule has 4 N–H and O–H groups in total. The lowest BCUT2D eigenvalue weighted by atomic mass is 9.88. The third-order valence-electron chi connectivity index (χ3n) is 12.8. The standard InChI is InChI=1S/C42H50N14O10/c1-37(2)38(3,4)62-24-23(61-37)31-50-32(24)52-34-26-28(66-42(10,58-12)40(7,8)64-26)36(54-34)49-30-22-20(60-18-16-46-56-44)14-13-19(59-17-15-45-55-43)21(22)29(47-30)48-35-27-25(33(51-31)53-35)63-39(5,6)41(9,57-11)65-27/h13-14H,15-18H2,1-12H3,(H4,47,48,49,50,51,52,53,54)/t41-,42-/m1/s1. The van der Waals surface area contributed by atoms with Crippen LogP contribution in [0.5, 0.6) is 34.5 Å². The van der Waals surface area contributed by atoms with Crippen molar-refractivity contribution in [1.29, 1.82) is 0 Å². The van der Waals surface area contributed by atoms with Gasteiger partial charge in [-0.05, 0) is 78.6 Å². The number of aliphatic imine (C=N–C) groups is 4. The van der Waals surface area contributed by atoms with E-state index >= 15 is 0 Å². The van der Waals surface area contributed by atoms with Gasteiger partial charge in [0.25, 0.3) is 0 Å². The van der Waals surface area contributed by atoms with Crippen molar-refractivity contribution in [3.63, 3.8) is 0 Å². The molecule has 6 aliphatic rings. The molecule has 2 aromatic heterocycles. The summed E-state index contributed by atoms with van der Waals surface area (Å²) < 4.78 is 64.7. The summed E-state index contributed by atoms with van der Waals surface area (Å²) in [6, 6.07) is 3.36. The second-order valence-electron chi connectivity index (χ2n) is 18.1. The van der Waals surface area contributed by atoms with Gasteiger partial charge in [-0.3, -0.25) is 0 Å². The molecular weight excluding hydrogens is 861 g/mol. The molecule has 0 saturated heterocycles. The fourth-order valence-corrected chi connectivity index (χ4v) is 7.63. The highest BCUT2D eigenvalue weighted by Gasteiger charge is 2.55. The van der Waals surface area contributed by atoms with E-state index in [4.69, 9.17) is 78.4 Å². The van der Waals surface area contributed by atoms with Crippen LogP contribution in [-0.4, -0.2) is 108 Å². The van der Waals surface area contributed by atoms with Crippen LogP contribution in [0.2, 0.25) is 0 Å². The number of aromatic nitrogens is 2. The van der Waals surface area contributed by atoms with Crippen LogP contribution in [0.15, 0.2) is 53.8 Å². The van der Waals surface area contributed by atoms with Crippen molar-refractivity contribution < 1.29 is 47.4 Å². The average Bonchev–Trinajstić information content (AvgIpc) is 3.96. The van der Waals surface area contributed by atoms with Crippen molar-refractivity contribution in [2.75, 3.05) is 51.2 Å². The number of nitrogens with zero attached hydrogens (tertiary/aromatic N) is 10. The molecule has 24 heteroatoms. The van der Waals surface area contributed by atoms with Gasteiger partial charge in [-0.2, -0.15) is 0 Å². The Morgan fingerprint density at radius 1 is 0.545 bits per heavy atom. The van der Waals surface area contributed by atoms with Gasteiger partial charge >= 0.3 is 0 Å². The lowest BCUT2D eigenvalue weighted by molar-refractivity contribution is -0.252. The number of methoxy groups -OCH3 is 2. The summed E-state index contributed by atoms with van der Waals surface area (Å²) in [5, 5.41) is 14.1. The number of fused-ring (bicyclic) bond motifs is 17. The lowest BCUT2D eigenvalue weighted by Gasteiger charge is -2.45. The van der Waals surface area contributed by atoms with Gasteiger partial charge in [0.15, 0.2) is 46.1 Å². The summed E-state index contributed by atoms with van der Waals surface area (Å²) in [6.07, 6.45) is 0. The second-order valence-corrected chi connectivity index (χ2v) is 18.1. The third-order valence-corrected chi connectivity index (χ3v) is 12.8. The molecular formula is C42H50N14O10. The van der Waals surface area contributed by atoms with Crippen LogP contribution in [0.1, 0.15) is 80.4 Å². The number of nitrogens with one attached hydrogen (secondary N) is 4. The number of amidine groups is 4. The molecule has 9 rings (SSSR count). The quantitative estimate of drug-likeness (QED) is 0.0648. The van der Waals surface area contributed by atoms with Crippen LogP contribution < -0.4 is 39.1 Å². The maximum absolute atomic E-state index is 9.01. The highest BCUT2D eigenvalue weighted by atomic mass is 16.7. The molecule has 6 aliphatic heterocycles. The first-order valence-corrected chi connectivity index (χ1v) is 21.0. The molecule has 8 bridgehead atoms. The van der Waals surface area contributed by atoms with Crippen LogP contribution in [0.25, 0.3) is 20.9 Å². The average molecular weight is 911 g/mol. The Balaban J connectivity index is 1.33. The van der Waals surface area contributed by atoms with E-state index in [1.165, 1.54) is 14.2 Å². The summed E-state index contributed by atoms with van der Waals surface area (Å²) in [6.45, 7) is 18.6. The Hall–Kier alpha value is -7.26. The number of benzene rings is 1. The van der Waals surface area contributed by atoms with Gasteiger partial charge in [-0.15, -0.1) is 0 Å². The van der Waals surface area contributed by atoms with Gasteiger partial charge in [0.05, 0.1) is 37.4 Å². The minimum Gasteiger partial charge on any atom is -0.493 e. The molecule has 0 fully saturated rings. The number of aromatic amines is 2. The van der Waals surface area contributed by atoms with Crippen LogP contribution in [0.4, 0.5) is 23.3 Å². The van der Waals surface area contributed by atoms with E-state index in [1.54, 1.807) is 26.0 Å². The SMILES string of the molecule is CO[C@]1(C)Oc2c3[nH]c(c2OC1(C)C)N=C1N=C(Nc2[nH]c(c4c2OC(C)(C)[C@](C)(OC)O4)NC2=NC(=N3)c3c(OCCN=[N+]=[N-])ccc(OCCN=[N+]=[N-])c32)C2=C1OC(C)(C)C(C)(C)O2. The highest BCUT2D eigenvalue weighted by molar-refractivity contribution is 6.29. The van der Waals surface area contributed by atoms with Gasteiger partial charge in [0, 0.05) is 37.9 Å². The second kappa shape index (κ2) is 15.2. The van der Waals surface area contributed by atoms with Crippen molar-refractivity contribution in [3.05, 3.63) is 55.7 Å². The van der Waals surface area contributed by atoms with Crippen molar-refractivity contribution in [2.24, 2.45) is 30.2 Å². The van der Waals surface area contributed by atoms with Crippen LogP contribution in [-0.2, 0) is 18.9 Å². The topological polar surface area (TPSA) is 295 Å². The van der Waals surface area contributed by atoms with Gasteiger partial charge in [-0.25, -0.2) is 20.0 Å². The summed E-state index contributed by atoms with van der Waals surface area (Å²) in [7, 11) is 3.05. The van der Waals surface area contributed by atoms with Crippen molar-refractivity contribution in [3.8, 4) is 34.5 Å². The largest absolute Gasteiger partial charge is 0.493 e. The molecule has 2 atom stereocenters. The molecule has 0 radical (unpaired) electrons. The Labute approximate surface area is 378 Å². The lowest BCUT2D eigenvalue weighted by Crippen LogP contribution is -2.59. The fraction of sp³-hybridized carbons (Fsp3) is 0.524. The molecule has 24 nitrogen and oxygen atoms in total. The number of hydrogen-bond donors (Lipinski definition) is 4. The monoisotopic (exact) mass is 910 g/mol. The van der Waals surface area contributed by atoms with E-state index in [2.05, 4.69) is 40.7 Å². The zero-order valence-corrected chi connectivity index (χ0v) is 38.5. The molecule has 0 unspecified atom stereocenters. The Kier molecular flexibility index (Phi) is 10.1. The number of H-pyrrole nitrogens is 2. The molecule has 0 amide bonds. The van der Waals surface area contributed by atoms with E-state index in [-0.39, 0.29) is 102 Å². The number of hydrogen-bond acceptors (Lipinski definition) is 18. The molecule has 0 saturated carbocycles.